The largest absolute Gasteiger partial charge is 0.471 e. The lowest BCUT2D eigenvalue weighted by molar-refractivity contribution is -0.176. The van der Waals surface area contributed by atoms with Gasteiger partial charge in [0.25, 0.3) is 0 Å². The van der Waals surface area contributed by atoms with Crippen LogP contribution < -0.4 is 5.32 Å². The van der Waals surface area contributed by atoms with E-state index in [0.29, 0.717) is 0 Å². The van der Waals surface area contributed by atoms with Crippen LogP contribution in [-0.2, 0) is 14.3 Å². The molecule has 4 nitrogen and oxygen atoms in total. The second-order valence-electron chi connectivity index (χ2n) is 4.07. The number of nitrogens with one attached hydrogen (secondary N) is 1. The summed E-state index contributed by atoms with van der Waals surface area (Å²) < 4.78 is 40.9. The van der Waals surface area contributed by atoms with Crippen LogP contribution in [0.5, 0.6) is 0 Å². The molecular formula is C11H16F3NO3. The highest BCUT2D eigenvalue weighted by Gasteiger charge is 2.40. The van der Waals surface area contributed by atoms with Crippen molar-refractivity contribution in [3.05, 3.63) is 12.7 Å². The highest BCUT2D eigenvalue weighted by molar-refractivity contribution is 5.87. The molecule has 0 heterocycles. The molecule has 7 heteroatoms. The third-order valence-corrected chi connectivity index (χ3v) is 1.81. The van der Waals surface area contributed by atoms with E-state index in [9.17, 15) is 22.8 Å². The number of hydrogen-bond acceptors (Lipinski definition) is 3. The van der Waals surface area contributed by atoms with Crippen LogP contribution in [0.2, 0.25) is 0 Å². The summed E-state index contributed by atoms with van der Waals surface area (Å²) in [5.41, 5.74) is 0. The zero-order valence-corrected chi connectivity index (χ0v) is 10.2. The Kier molecular flexibility index (Phi) is 6.43. The Balaban J connectivity index is 4.51. The van der Waals surface area contributed by atoms with Crippen LogP contribution in [-0.4, -0.2) is 30.7 Å². The number of alkyl halides is 3. The van der Waals surface area contributed by atoms with Crippen molar-refractivity contribution in [1.29, 1.82) is 0 Å². The van der Waals surface area contributed by atoms with Gasteiger partial charge >= 0.3 is 18.1 Å². The maximum absolute atomic E-state index is 12.0. The second-order valence-corrected chi connectivity index (χ2v) is 4.07. The van der Waals surface area contributed by atoms with Gasteiger partial charge in [0.2, 0.25) is 0 Å². The van der Waals surface area contributed by atoms with Crippen molar-refractivity contribution in [3.8, 4) is 0 Å². The van der Waals surface area contributed by atoms with Gasteiger partial charge in [-0.05, 0) is 12.3 Å². The Bertz CT molecular complexity index is 313. The van der Waals surface area contributed by atoms with Gasteiger partial charge in [-0.1, -0.05) is 19.9 Å². The lowest BCUT2D eigenvalue weighted by atomic mass is 10.2. The Morgan fingerprint density at radius 1 is 1.39 bits per heavy atom. The maximum atomic E-state index is 12.0. The number of hydrogen-bond donors (Lipinski definition) is 1. The molecule has 0 saturated carbocycles. The summed E-state index contributed by atoms with van der Waals surface area (Å²) in [4.78, 5) is 22.2. The molecule has 104 valence electrons. The molecule has 0 aliphatic rings. The first kappa shape index (κ1) is 16.5. The van der Waals surface area contributed by atoms with Crippen LogP contribution in [0.4, 0.5) is 13.2 Å². The number of ether oxygens (including phenoxy) is 1. The van der Waals surface area contributed by atoms with E-state index in [-0.39, 0.29) is 18.9 Å². The molecule has 0 aliphatic carbocycles. The average molecular weight is 267 g/mol. The van der Waals surface area contributed by atoms with Crippen LogP contribution in [0, 0.1) is 5.92 Å². The summed E-state index contributed by atoms with van der Waals surface area (Å²) in [7, 11) is 0. The number of halogens is 3. The summed E-state index contributed by atoms with van der Waals surface area (Å²) in [6, 6.07) is -1.37. The van der Waals surface area contributed by atoms with Gasteiger partial charge in [-0.2, -0.15) is 13.2 Å². The monoisotopic (exact) mass is 267 g/mol. The highest BCUT2D eigenvalue weighted by Crippen LogP contribution is 2.15. The van der Waals surface area contributed by atoms with Crippen molar-refractivity contribution in [1.82, 2.24) is 5.32 Å². The fourth-order valence-electron chi connectivity index (χ4n) is 0.970. The summed E-state index contributed by atoms with van der Waals surface area (Å²) in [5.74, 6) is -3.02. The van der Waals surface area contributed by atoms with Crippen molar-refractivity contribution in [2.75, 3.05) is 6.61 Å². The Labute approximate surface area is 103 Å². The van der Waals surface area contributed by atoms with Gasteiger partial charge in [0, 0.05) is 0 Å². The Morgan fingerprint density at radius 2 is 1.94 bits per heavy atom. The first-order chi connectivity index (χ1) is 8.18. The molecule has 1 amide bonds. The summed E-state index contributed by atoms with van der Waals surface area (Å²) >= 11 is 0. The minimum atomic E-state index is -5.03. The lowest BCUT2D eigenvalue weighted by Gasteiger charge is -2.17. The van der Waals surface area contributed by atoms with E-state index in [1.165, 1.54) is 6.08 Å². The van der Waals surface area contributed by atoms with Gasteiger partial charge in [-0.3, -0.25) is 4.79 Å². The van der Waals surface area contributed by atoms with Crippen molar-refractivity contribution < 1.29 is 27.5 Å². The highest BCUT2D eigenvalue weighted by atomic mass is 19.4. The van der Waals surface area contributed by atoms with Crippen LogP contribution in [0.1, 0.15) is 20.3 Å². The van der Waals surface area contributed by atoms with E-state index >= 15 is 0 Å². The average Bonchev–Trinajstić information content (AvgIpc) is 2.23. The number of esters is 1. The fraction of sp³-hybridized carbons (Fsp3) is 0.636. The predicted octanol–water partition coefficient (Wildman–Crippen LogP) is 1.81. The van der Waals surface area contributed by atoms with E-state index in [0.717, 1.165) is 0 Å². The number of amides is 1. The maximum Gasteiger partial charge on any atom is 0.471 e. The number of rotatable bonds is 6. The molecule has 18 heavy (non-hydrogen) atoms. The minimum Gasteiger partial charge on any atom is -0.464 e. The van der Waals surface area contributed by atoms with Gasteiger partial charge in [0.15, 0.2) is 0 Å². The van der Waals surface area contributed by atoms with Crippen LogP contribution in [0.25, 0.3) is 0 Å². The predicted molar refractivity (Wildman–Crippen MR) is 58.6 cm³/mol. The Hall–Kier alpha value is -1.53. The first-order valence-corrected chi connectivity index (χ1v) is 5.33. The summed E-state index contributed by atoms with van der Waals surface area (Å²) in [5, 5.41) is 1.57. The molecule has 0 fully saturated rings. The minimum absolute atomic E-state index is 0.0525. The first-order valence-electron chi connectivity index (χ1n) is 5.33. The molecule has 0 saturated heterocycles. The van der Waals surface area contributed by atoms with Crippen molar-refractivity contribution in [2.45, 2.75) is 32.5 Å². The molecule has 0 spiro atoms. The molecule has 0 aromatic rings. The van der Waals surface area contributed by atoms with Gasteiger partial charge in [-0.15, -0.1) is 6.58 Å². The van der Waals surface area contributed by atoms with E-state index in [1.807, 2.05) is 0 Å². The van der Waals surface area contributed by atoms with E-state index in [1.54, 1.807) is 19.2 Å². The normalized spacial score (nSPS) is 13.0. The SMILES string of the molecule is C=CCC(NC(=O)C(F)(F)F)C(=O)OCC(C)C. The standard InChI is InChI=1S/C11H16F3NO3/c1-4-5-8(9(16)18-6-7(2)3)15-10(17)11(12,13)14/h4,7-8H,1,5-6H2,2-3H3,(H,15,17). The molecule has 0 rings (SSSR count). The van der Waals surface area contributed by atoms with Crippen molar-refractivity contribution >= 4 is 11.9 Å². The van der Waals surface area contributed by atoms with Gasteiger partial charge in [0.05, 0.1) is 6.61 Å². The number of carbonyl (C=O) groups excluding carboxylic acids is 2. The molecule has 1 unspecified atom stereocenters. The summed E-state index contributed by atoms with van der Waals surface area (Å²) in [6.45, 7) is 6.95. The number of carbonyl (C=O) groups is 2. The third-order valence-electron chi connectivity index (χ3n) is 1.81. The lowest BCUT2D eigenvalue weighted by Crippen LogP contribution is -2.47. The van der Waals surface area contributed by atoms with Gasteiger partial charge in [0.1, 0.15) is 6.04 Å². The van der Waals surface area contributed by atoms with Crippen molar-refractivity contribution in [2.24, 2.45) is 5.92 Å². The molecule has 0 radical (unpaired) electrons. The zero-order valence-electron chi connectivity index (χ0n) is 10.2. The molecular weight excluding hydrogens is 251 g/mol. The topological polar surface area (TPSA) is 55.4 Å². The molecule has 1 N–H and O–H groups in total. The van der Waals surface area contributed by atoms with Gasteiger partial charge < -0.3 is 10.1 Å². The molecule has 1 atom stereocenters. The summed E-state index contributed by atoms with van der Waals surface area (Å²) in [6.07, 6.45) is -3.92. The zero-order chi connectivity index (χ0) is 14.3. The van der Waals surface area contributed by atoms with E-state index in [2.05, 4.69) is 6.58 Å². The van der Waals surface area contributed by atoms with E-state index < -0.39 is 24.1 Å². The quantitative estimate of drug-likeness (QED) is 0.590. The van der Waals surface area contributed by atoms with Crippen molar-refractivity contribution in [3.63, 3.8) is 0 Å². The fourth-order valence-corrected chi connectivity index (χ4v) is 0.970. The van der Waals surface area contributed by atoms with Crippen LogP contribution >= 0.6 is 0 Å². The molecule has 0 bridgehead atoms. The van der Waals surface area contributed by atoms with Crippen LogP contribution in [0.15, 0.2) is 12.7 Å². The Morgan fingerprint density at radius 3 is 2.33 bits per heavy atom. The van der Waals surface area contributed by atoms with Gasteiger partial charge in [-0.25, -0.2) is 4.79 Å². The molecule has 0 aromatic heterocycles. The third kappa shape index (κ3) is 6.27. The smallest absolute Gasteiger partial charge is 0.464 e. The molecule has 0 aromatic carbocycles. The van der Waals surface area contributed by atoms with E-state index in [4.69, 9.17) is 4.74 Å². The molecule has 0 aliphatic heterocycles. The van der Waals surface area contributed by atoms with Crippen LogP contribution in [0.3, 0.4) is 0 Å². The second kappa shape index (κ2) is 7.03.